The van der Waals surface area contributed by atoms with E-state index in [4.69, 9.17) is 4.74 Å². The molecule has 1 aliphatic heterocycles. The molecule has 1 aliphatic rings. The summed E-state index contributed by atoms with van der Waals surface area (Å²) < 4.78 is 18.2. The highest BCUT2D eigenvalue weighted by Crippen LogP contribution is 2.18. The number of rotatable bonds is 7. The van der Waals surface area contributed by atoms with Gasteiger partial charge in [0.1, 0.15) is 11.6 Å². The van der Waals surface area contributed by atoms with Crippen molar-refractivity contribution in [2.24, 2.45) is 0 Å². The van der Waals surface area contributed by atoms with Crippen LogP contribution in [0.1, 0.15) is 0 Å². The van der Waals surface area contributed by atoms with Gasteiger partial charge in [0.2, 0.25) is 11.8 Å². The summed E-state index contributed by atoms with van der Waals surface area (Å²) in [6.07, 6.45) is 0. The monoisotopic (exact) mass is 414 g/mol. The molecule has 0 bridgehead atoms. The first-order valence-corrected chi connectivity index (χ1v) is 9.85. The molecule has 0 spiro atoms. The van der Waals surface area contributed by atoms with Crippen LogP contribution in [0.3, 0.4) is 0 Å². The van der Waals surface area contributed by atoms with E-state index >= 15 is 0 Å². The third-order valence-corrected chi connectivity index (χ3v) is 5.08. The summed E-state index contributed by atoms with van der Waals surface area (Å²) in [4.78, 5) is 30.4. The molecule has 2 aromatic rings. The number of ether oxygens (including phenoxy) is 1. The standard InChI is InChI=1S/C22H27FN4O3/c1-25(15-21(28)24-18-4-3-5-20(14-18)30-2)22(29)16-26-10-12-27(13-11-26)19-8-6-17(23)7-9-19/h3-9,14H,10-13,15-16H2,1-2H3,(H,24,28). The Bertz CT molecular complexity index is 867. The van der Waals surface area contributed by atoms with E-state index in [1.165, 1.54) is 17.0 Å². The molecule has 2 aromatic carbocycles. The molecule has 0 aromatic heterocycles. The van der Waals surface area contributed by atoms with Crippen molar-refractivity contribution < 1.29 is 18.7 Å². The lowest BCUT2D eigenvalue weighted by atomic mass is 10.2. The second-order valence-electron chi connectivity index (χ2n) is 7.27. The van der Waals surface area contributed by atoms with Crippen molar-refractivity contribution in [2.75, 3.05) is 63.6 Å². The van der Waals surface area contributed by atoms with Crippen LogP contribution in [0.5, 0.6) is 5.75 Å². The number of carbonyl (C=O) groups excluding carboxylic acids is 2. The fourth-order valence-corrected chi connectivity index (χ4v) is 3.33. The van der Waals surface area contributed by atoms with E-state index in [-0.39, 0.29) is 30.7 Å². The molecule has 1 N–H and O–H groups in total. The van der Waals surface area contributed by atoms with E-state index in [1.807, 2.05) is 0 Å². The molecule has 0 aliphatic carbocycles. The molecule has 1 saturated heterocycles. The summed E-state index contributed by atoms with van der Waals surface area (Å²) in [5, 5.41) is 2.77. The Balaban J connectivity index is 1.43. The first-order valence-electron chi connectivity index (χ1n) is 9.85. The minimum Gasteiger partial charge on any atom is -0.497 e. The molecule has 0 atom stereocenters. The van der Waals surface area contributed by atoms with Gasteiger partial charge in [-0.3, -0.25) is 14.5 Å². The van der Waals surface area contributed by atoms with Crippen LogP contribution >= 0.6 is 0 Å². The van der Waals surface area contributed by atoms with Gasteiger partial charge in [0.25, 0.3) is 0 Å². The number of anilines is 2. The summed E-state index contributed by atoms with van der Waals surface area (Å²) in [5.74, 6) is 0.0322. The van der Waals surface area contributed by atoms with Gasteiger partial charge in [-0.15, -0.1) is 0 Å². The first-order chi connectivity index (χ1) is 14.4. The van der Waals surface area contributed by atoms with Gasteiger partial charge in [-0.25, -0.2) is 4.39 Å². The van der Waals surface area contributed by atoms with Crippen molar-refractivity contribution in [1.29, 1.82) is 0 Å². The molecule has 7 nitrogen and oxygen atoms in total. The normalized spacial score (nSPS) is 14.3. The van der Waals surface area contributed by atoms with E-state index in [0.717, 1.165) is 31.9 Å². The zero-order valence-electron chi connectivity index (χ0n) is 17.3. The molecular weight excluding hydrogens is 387 g/mol. The maximum Gasteiger partial charge on any atom is 0.243 e. The van der Waals surface area contributed by atoms with Gasteiger partial charge in [-0.2, -0.15) is 0 Å². The lowest BCUT2D eigenvalue weighted by molar-refractivity contribution is -0.134. The summed E-state index contributed by atoms with van der Waals surface area (Å²) in [5.41, 5.74) is 1.60. The number of amides is 2. The number of piperazine rings is 1. The van der Waals surface area contributed by atoms with Gasteiger partial charge >= 0.3 is 0 Å². The topological polar surface area (TPSA) is 65.1 Å². The average molecular weight is 414 g/mol. The third kappa shape index (κ3) is 5.93. The van der Waals surface area contributed by atoms with Crippen LogP contribution < -0.4 is 15.0 Å². The van der Waals surface area contributed by atoms with E-state index in [0.29, 0.717) is 11.4 Å². The highest BCUT2D eigenvalue weighted by atomic mass is 19.1. The smallest absolute Gasteiger partial charge is 0.243 e. The second-order valence-corrected chi connectivity index (χ2v) is 7.27. The molecule has 2 amide bonds. The van der Waals surface area contributed by atoms with Gasteiger partial charge < -0.3 is 19.9 Å². The number of benzene rings is 2. The second kappa shape index (κ2) is 10.1. The van der Waals surface area contributed by atoms with Crippen LogP contribution in [0.2, 0.25) is 0 Å². The number of methoxy groups -OCH3 is 1. The predicted molar refractivity (Wildman–Crippen MR) is 114 cm³/mol. The number of hydrogen-bond acceptors (Lipinski definition) is 5. The van der Waals surface area contributed by atoms with Crippen LogP contribution in [-0.2, 0) is 9.59 Å². The maximum atomic E-state index is 13.1. The highest BCUT2D eigenvalue weighted by molar-refractivity contribution is 5.94. The molecule has 3 rings (SSSR count). The Morgan fingerprint density at radius 1 is 1.10 bits per heavy atom. The van der Waals surface area contributed by atoms with E-state index in [2.05, 4.69) is 15.1 Å². The summed E-state index contributed by atoms with van der Waals surface area (Å²) in [7, 11) is 3.19. The molecular formula is C22H27FN4O3. The number of halogens is 1. The van der Waals surface area contributed by atoms with Gasteiger partial charge in [0, 0.05) is 50.7 Å². The van der Waals surface area contributed by atoms with Crippen molar-refractivity contribution in [2.45, 2.75) is 0 Å². The summed E-state index contributed by atoms with van der Waals surface area (Å²) in [6, 6.07) is 13.5. The lowest BCUT2D eigenvalue weighted by Gasteiger charge is -2.36. The van der Waals surface area contributed by atoms with Crippen LogP contribution in [0.15, 0.2) is 48.5 Å². The van der Waals surface area contributed by atoms with Crippen LogP contribution in [0.25, 0.3) is 0 Å². The lowest BCUT2D eigenvalue weighted by Crippen LogP contribution is -2.50. The van der Waals surface area contributed by atoms with Crippen molar-refractivity contribution in [3.8, 4) is 5.75 Å². The Hall–Kier alpha value is -3.13. The van der Waals surface area contributed by atoms with E-state index in [1.54, 1.807) is 50.6 Å². The summed E-state index contributed by atoms with van der Waals surface area (Å²) in [6.45, 7) is 3.23. The SMILES string of the molecule is COc1cccc(NC(=O)CN(C)C(=O)CN2CCN(c3ccc(F)cc3)CC2)c1. The molecule has 0 radical (unpaired) electrons. The highest BCUT2D eigenvalue weighted by Gasteiger charge is 2.21. The summed E-state index contributed by atoms with van der Waals surface area (Å²) >= 11 is 0. The van der Waals surface area contributed by atoms with Crippen molar-refractivity contribution >= 4 is 23.2 Å². The molecule has 1 heterocycles. The fraction of sp³-hybridized carbons (Fsp3) is 0.364. The number of likely N-dealkylation sites (N-methyl/N-ethyl adjacent to an activating group) is 1. The van der Waals surface area contributed by atoms with E-state index < -0.39 is 0 Å². The molecule has 0 saturated carbocycles. The molecule has 8 heteroatoms. The van der Waals surface area contributed by atoms with Crippen LogP contribution in [-0.4, -0.2) is 75.0 Å². The number of nitrogens with one attached hydrogen (secondary N) is 1. The van der Waals surface area contributed by atoms with E-state index in [9.17, 15) is 14.0 Å². The Labute approximate surface area is 176 Å². The minimum absolute atomic E-state index is 0.0222. The largest absolute Gasteiger partial charge is 0.497 e. The molecule has 0 unspecified atom stereocenters. The van der Waals surface area contributed by atoms with Crippen LogP contribution in [0, 0.1) is 5.82 Å². The Morgan fingerprint density at radius 3 is 2.47 bits per heavy atom. The zero-order valence-corrected chi connectivity index (χ0v) is 17.3. The van der Waals surface area contributed by atoms with Crippen molar-refractivity contribution in [1.82, 2.24) is 9.80 Å². The van der Waals surface area contributed by atoms with Gasteiger partial charge in [-0.1, -0.05) is 6.07 Å². The number of hydrogen-bond donors (Lipinski definition) is 1. The molecule has 1 fully saturated rings. The molecule has 160 valence electrons. The number of carbonyl (C=O) groups is 2. The van der Waals surface area contributed by atoms with Crippen molar-refractivity contribution in [3.05, 3.63) is 54.3 Å². The quantitative estimate of drug-likeness (QED) is 0.751. The average Bonchev–Trinajstić information content (AvgIpc) is 2.75. The molecule has 30 heavy (non-hydrogen) atoms. The van der Waals surface area contributed by atoms with Gasteiger partial charge in [0.15, 0.2) is 0 Å². The van der Waals surface area contributed by atoms with Gasteiger partial charge in [-0.05, 0) is 36.4 Å². The Morgan fingerprint density at radius 2 is 1.80 bits per heavy atom. The van der Waals surface area contributed by atoms with Crippen LogP contribution in [0.4, 0.5) is 15.8 Å². The van der Waals surface area contributed by atoms with Crippen molar-refractivity contribution in [3.63, 3.8) is 0 Å². The fourth-order valence-electron chi connectivity index (χ4n) is 3.33. The predicted octanol–water partition coefficient (Wildman–Crippen LogP) is 2.05. The third-order valence-electron chi connectivity index (χ3n) is 5.08. The minimum atomic E-state index is -0.264. The maximum absolute atomic E-state index is 13.1. The van der Waals surface area contributed by atoms with Gasteiger partial charge in [0.05, 0.1) is 20.2 Å². The zero-order chi connectivity index (χ0) is 21.5. The number of nitrogens with zero attached hydrogens (tertiary/aromatic N) is 3. The Kier molecular flexibility index (Phi) is 7.24. The first kappa shape index (κ1) is 21.6.